The number of benzene rings is 1. The summed E-state index contributed by atoms with van der Waals surface area (Å²) in [4.78, 5) is 2.45. The predicted octanol–water partition coefficient (Wildman–Crippen LogP) is 2.33. The first-order valence-electron chi connectivity index (χ1n) is 7.12. The molecule has 1 unspecified atom stereocenters. The Morgan fingerprint density at radius 1 is 1.37 bits per heavy atom. The maximum atomic E-state index is 9.27. The lowest BCUT2D eigenvalue weighted by Crippen LogP contribution is -2.44. The van der Waals surface area contributed by atoms with Crippen molar-refractivity contribution >= 4 is 0 Å². The average molecular weight is 257 g/mol. The third-order valence-corrected chi connectivity index (χ3v) is 3.95. The quantitative estimate of drug-likeness (QED) is 0.880. The lowest BCUT2D eigenvalue weighted by molar-refractivity contribution is 0.229. The Morgan fingerprint density at radius 3 is 2.79 bits per heavy atom. The molecular formula is C16H23N3. The number of nitrogens with zero attached hydrogens (tertiary/aromatic N) is 2. The summed E-state index contributed by atoms with van der Waals surface area (Å²) in [7, 11) is 0. The summed E-state index contributed by atoms with van der Waals surface area (Å²) in [5.74, 6) is 0. The van der Waals surface area contributed by atoms with E-state index in [2.05, 4.69) is 40.6 Å². The molecule has 0 radical (unpaired) electrons. The first-order valence-corrected chi connectivity index (χ1v) is 7.12. The Morgan fingerprint density at radius 2 is 2.11 bits per heavy atom. The van der Waals surface area contributed by atoms with Crippen molar-refractivity contribution in [2.45, 2.75) is 38.8 Å². The topological polar surface area (TPSA) is 39.1 Å². The molecule has 0 aromatic heterocycles. The van der Waals surface area contributed by atoms with Gasteiger partial charge in [0.15, 0.2) is 0 Å². The molecule has 102 valence electrons. The molecule has 3 nitrogen and oxygen atoms in total. The third kappa shape index (κ3) is 3.56. The molecule has 0 aliphatic carbocycles. The number of nitriles is 1. The van der Waals surface area contributed by atoms with E-state index in [0.717, 1.165) is 39.0 Å². The van der Waals surface area contributed by atoms with Gasteiger partial charge in [-0.2, -0.15) is 5.26 Å². The van der Waals surface area contributed by atoms with Gasteiger partial charge in [0.2, 0.25) is 0 Å². The van der Waals surface area contributed by atoms with Crippen molar-refractivity contribution in [1.29, 1.82) is 5.26 Å². The van der Waals surface area contributed by atoms with Crippen LogP contribution in [-0.4, -0.2) is 30.1 Å². The predicted molar refractivity (Wildman–Crippen MR) is 77.7 cm³/mol. The highest BCUT2D eigenvalue weighted by atomic mass is 15.1. The highest BCUT2D eigenvalue weighted by molar-refractivity contribution is 5.29. The number of hydrogen-bond donors (Lipinski definition) is 1. The van der Waals surface area contributed by atoms with Crippen molar-refractivity contribution in [2.24, 2.45) is 0 Å². The van der Waals surface area contributed by atoms with E-state index in [1.165, 1.54) is 11.1 Å². The standard InChI is InChI=1S/C16H23N3/c1-3-18-16(2,13-17)9-11-19-10-8-14-6-4-5-7-15(14)12-19/h4-7,18H,3,8-12H2,1-2H3. The van der Waals surface area contributed by atoms with Crippen LogP contribution in [0.3, 0.4) is 0 Å². The van der Waals surface area contributed by atoms with Crippen LogP contribution in [0.4, 0.5) is 0 Å². The molecule has 0 saturated carbocycles. The molecule has 0 spiro atoms. The smallest absolute Gasteiger partial charge is 0.105 e. The SMILES string of the molecule is CCNC(C)(C#N)CCN1CCc2ccccc2C1. The fourth-order valence-corrected chi connectivity index (χ4v) is 2.70. The molecule has 1 aromatic rings. The second kappa shape index (κ2) is 6.18. The summed E-state index contributed by atoms with van der Waals surface area (Å²) in [6, 6.07) is 11.1. The van der Waals surface area contributed by atoms with E-state index in [0.29, 0.717) is 0 Å². The van der Waals surface area contributed by atoms with Crippen molar-refractivity contribution in [3.05, 3.63) is 35.4 Å². The van der Waals surface area contributed by atoms with Gasteiger partial charge in [0, 0.05) is 19.6 Å². The molecule has 2 rings (SSSR count). The summed E-state index contributed by atoms with van der Waals surface area (Å²) in [6.07, 6.45) is 2.00. The van der Waals surface area contributed by atoms with Crippen molar-refractivity contribution in [3.63, 3.8) is 0 Å². The van der Waals surface area contributed by atoms with Crippen LogP contribution in [0.25, 0.3) is 0 Å². The van der Waals surface area contributed by atoms with Gasteiger partial charge in [0.05, 0.1) is 6.07 Å². The van der Waals surface area contributed by atoms with Crippen LogP contribution in [0.1, 0.15) is 31.4 Å². The van der Waals surface area contributed by atoms with E-state index in [4.69, 9.17) is 0 Å². The monoisotopic (exact) mass is 257 g/mol. The molecule has 0 bridgehead atoms. The molecule has 3 heteroatoms. The van der Waals surface area contributed by atoms with Gasteiger partial charge in [-0.3, -0.25) is 10.2 Å². The minimum absolute atomic E-state index is 0.397. The minimum Gasteiger partial charge on any atom is -0.300 e. The van der Waals surface area contributed by atoms with Crippen molar-refractivity contribution in [1.82, 2.24) is 10.2 Å². The first-order chi connectivity index (χ1) is 9.17. The maximum Gasteiger partial charge on any atom is 0.105 e. The Kier molecular flexibility index (Phi) is 4.57. The molecule has 1 aromatic carbocycles. The summed E-state index contributed by atoms with van der Waals surface area (Å²) in [5.41, 5.74) is 2.52. The fourth-order valence-electron chi connectivity index (χ4n) is 2.70. The maximum absolute atomic E-state index is 9.27. The third-order valence-electron chi connectivity index (χ3n) is 3.95. The molecule has 0 saturated heterocycles. The number of rotatable bonds is 5. The molecule has 1 heterocycles. The highest BCUT2D eigenvalue weighted by Gasteiger charge is 2.24. The Hall–Kier alpha value is -1.37. The summed E-state index contributed by atoms with van der Waals surface area (Å²) >= 11 is 0. The summed E-state index contributed by atoms with van der Waals surface area (Å²) in [5, 5.41) is 12.6. The molecule has 1 atom stereocenters. The summed E-state index contributed by atoms with van der Waals surface area (Å²) < 4.78 is 0. The molecule has 0 amide bonds. The Balaban J connectivity index is 1.91. The zero-order chi connectivity index (χ0) is 13.7. The zero-order valence-corrected chi connectivity index (χ0v) is 11.9. The number of hydrogen-bond acceptors (Lipinski definition) is 3. The van der Waals surface area contributed by atoms with E-state index < -0.39 is 5.54 Å². The molecule has 1 N–H and O–H groups in total. The van der Waals surface area contributed by atoms with Gasteiger partial charge in [-0.25, -0.2) is 0 Å². The van der Waals surface area contributed by atoms with E-state index in [-0.39, 0.29) is 0 Å². The van der Waals surface area contributed by atoms with Gasteiger partial charge in [-0.1, -0.05) is 31.2 Å². The van der Waals surface area contributed by atoms with Crippen molar-refractivity contribution in [2.75, 3.05) is 19.6 Å². The van der Waals surface area contributed by atoms with Crippen LogP contribution in [0.15, 0.2) is 24.3 Å². The first kappa shape index (κ1) is 14.0. The van der Waals surface area contributed by atoms with Gasteiger partial charge in [-0.05, 0) is 37.4 Å². The Bertz CT molecular complexity index is 463. The largest absolute Gasteiger partial charge is 0.300 e. The number of nitrogens with one attached hydrogen (secondary N) is 1. The van der Waals surface area contributed by atoms with Gasteiger partial charge in [0.25, 0.3) is 0 Å². The van der Waals surface area contributed by atoms with Crippen LogP contribution < -0.4 is 5.32 Å². The van der Waals surface area contributed by atoms with Crippen molar-refractivity contribution in [3.8, 4) is 6.07 Å². The minimum atomic E-state index is -0.397. The van der Waals surface area contributed by atoms with E-state index in [1.54, 1.807) is 0 Å². The molecule has 19 heavy (non-hydrogen) atoms. The molecular weight excluding hydrogens is 234 g/mol. The summed E-state index contributed by atoms with van der Waals surface area (Å²) in [6.45, 7) is 7.98. The fraction of sp³-hybridized carbons (Fsp3) is 0.562. The lowest BCUT2D eigenvalue weighted by Gasteiger charge is -2.31. The lowest BCUT2D eigenvalue weighted by atomic mass is 9.96. The van der Waals surface area contributed by atoms with Crippen LogP contribution in [0.5, 0.6) is 0 Å². The zero-order valence-electron chi connectivity index (χ0n) is 11.9. The van der Waals surface area contributed by atoms with Crippen LogP contribution in [0.2, 0.25) is 0 Å². The van der Waals surface area contributed by atoms with E-state index >= 15 is 0 Å². The van der Waals surface area contributed by atoms with Gasteiger partial charge in [-0.15, -0.1) is 0 Å². The normalized spacial score (nSPS) is 18.4. The van der Waals surface area contributed by atoms with E-state index in [9.17, 15) is 5.26 Å². The van der Waals surface area contributed by atoms with Crippen LogP contribution in [-0.2, 0) is 13.0 Å². The highest BCUT2D eigenvalue weighted by Crippen LogP contribution is 2.19. The second-order valence-corrected chi connectivity index (χ2v) is 5.52. The average Bonchev–Trinajstić information content (AvgIpc) is 2.45. The van der Waals surface area contributed by atoms with Crippen LogP contribution >= 0.6 is 0 Å². The Labute approximate surface area is 116 Å². The van der Waals surface area contributed by atoms with Crippen LogP contribution in [0, 0.1) is 11.3 Å². The number of fused-ring (bicyclic) bond motifs is 1. The van der Waals surface area contributed by atoms with Crippen molar-refractivity contribution < 1.29 is 0 Å². The molecule has 1 aliphatic heterocycles. The second-order valence-electron chi connectivity index (χ2n) is 5.52. The van der Waals surface area contributed by atoms with Gasteiger partial charge < -0.3 is 0 Å². The van der Waals surface area contributed by atoms with Gasteiger partial charge >= 0.3 is 0 Å². The molecule has 0 fully saturated rings. The molecule has 1 aliphatic rings. The van der Waals surface area contributed by atoms with Gasteiger partial charge in [0.1, 0.15) is 5.54 Å². The van der Waals surface area contributed by atoms with E-state index in [1.807, 2.05) is 13.8 Å².